The van der Waals surface area contributed by atoms with Gasteiger partial charge in [-0.2, -0.15) is 5.10 Å². The lowest BCUT2D eigenvalue weighted by atomic mass is 9.94. The summed E-state index contributed by atoms with van der Waals surface area (Å²) in [4.78, 5) is 4.39. The van der Waals surface area contributed by atoms with Crippen molar-refractivity contribution in [2.75, 3.05) is 33.7 Å². The first-order chi connectivity index (χ1) is 12.0. The molecule has 1 fully saturated rings. The highest BCUT2D eigenvalue weighted by Crippen LogP contribution is 2.24. The molecular formula is C19H27FN4O. The third-order valence-electron chi connectivity index (χ3n) is 4.76. The van der Waals surface area contributed by atoms with Gasteiger partial charge < -0.3 is 10.0 Å². The van der Waals surface area contributed by atoms with Crippen LogP contribution >= 0.6 is 0 Å². The van der Waals surface area contributed by atoms with Gasteiger partial charge in [0, 0.05) is 31.4 Å². The number of nitrogens with zero attached hydrogens (tertiary/aromatic N) is 4. The van der Waals surface area contributed by atoms with Gasteiger partial charge in [-0.1, -0.05) is 12.1 Å². The van der Waals surface area contributed by atoms with Gasteiger partial charge in [-0.25, -0.2) is 9.07 Å². The highest BCUT2D eigenvalue weighted by molar-refractivity contribution is 5.32. The molecule has 0 spiro atoms. The Labute approximate surface area is 148 Å². The van der Waals surface area contributed by atoms with Crippen molar-refractivity contribution in [3.63, 3.8) is 0 Å². The summed E-state index contributed by atoms with van der Waals surface area (Å²) in [6.45, 7) is 3.29. The second kappa shape index (κ2) is 7.64. The highest BCUT2D eigenvalue weighted by atomic mass is 19.1. The fourth-order valence-electron chi connectivity index (χ4n) is 3.61. The normalized spacial score (nSPS) is 22.3. The molecule has 0 amide bonds. The summed E-state index contributed by atoms with van der Waals surface area (Å²) in [6, 6.07) is 6.64. The van der Waals surface area contributed by atoms with Gasteiger partial charge in [0.15, 0.2) is 0 Å². The van der Waals surface area contributed by atoms with E-state index in [2.05, 4.69) is 10.00 Å². The minimum atomic E-state index is -0.602. The van der Waals surface area contributed by atoms with E-state index in [-0.39, 0.29) is 5.82 Å². The third-order valence-corrected chi connectivity index (χ3v) is 4.76. The van der Waals surface area contributed by atoms with E-state index >= 15 is 0 Å². The second-order valence-corrected chi connectivity index (χ2v) is 7.34. The monoisotopic (exact) mass is 346 g/mol. The van der Waals surface area contributed by atoms with Crippen molar-refractivity contribution in [1.29, 1.82) is 0 Å². The van der Waals surface area contributed by atoms with Crippen molar-refractivity contribution in [3.05, 3.63) is 48.0 Å². The molecule has 0 saturated carbocycles. The number of likely N-dealkylation sites (tertiary alicyclic amines) is 1. The zero-order chi connectivity index (χ0) is 17.9. The molecule has 25 heavy (non-hydrogen) atoms. The summed E-state index contributed by atoms with van der Waals surface area (Å²) < 4.78 is 15.5. The molecule has 6 heteroatoms. The molecule has 1 aromatic heterocycles. The first-order valence-electron chi connectivity index (χ1n) is 8.83. The lowest BCUT2D eigenvalue weighted by molar-refractivity contribution is 0.00258. The molecule has 1 atom stereocenters. The number of aromatic nitrogens is 2. The number of halogens is 1. The van der Waals surface area contributed by atoms with Gasteiger partial charge in [-0.15, -0.1) is 0 Å². The van der Waals surface area contributed by atoms with Gasteiger partial charge in [-0.3, -0.25) is 4.90 Å². The van der Waals surface area contributed by atoms with E-state index in [1.807, 2.05) is 25.2 Å². The molecule has 1 saturated heterocycles. The van der Waals surface area contributed by atoms with E-state index in [9.17, 15) is 9.50 Å². The molecule has 0 aliphatic carbocycles. The van der Waals surface area contributed by atoms with Crippen LogP contribution in [0.1, 0.15) is 24.8 Å². The van der Waals surface area contributed by atoms with Gasteiger partial charge >= 0.3 is 0 Å². The van der Waals surface area contributed by atoms with Gasteiger partial charge in [0.2, 0.25) is 0 Å². The number of para-hydroxylation sites is 1. The summed E-state index contributed by atoms with van der Waals surface area (Å²) in [6.07, 6.45) is 6.26. The fourth-order valence-corrected chi connectivity index (χ4v) is 3.61. The largest absolute Gasteiger partial charge is 0.389 e. The smallest absolute Gasteiger partial charge is 0.148 e. The molecule has 2 aromatic rings. The van der Waals surface area contributed by atoms with Crippen LogP contribution in [0.3, 0.4) is 0 Å². The van der Waals surface area contributed by atoms with E-state index in [0.717, 1.165) is 44.5 Å². The summed E-state index contributed by atoms with van der Waals surface area (Å²) in [5, 5.41) is 15.1. The average molecular weight is 346 g/mol. The Hall–Kier alpha value is -1.76. The Morgan fingerprint density at radius 1 is 1.24 bits per heavy atom. The number of benzene rings is 1. The number of rotatable bonds is 5. The predicted molar refractivity (Wildman–Crippen MR) is 96.2 cm³/mol. The van der Waals surface area contributed by atoms with Crippen molar-refractivity contribution in [2.45, 2.75) is 31.4 Å². The van der Waals surface area contributed by atoms with Crippen LogP contribution < -0.4 is 0 Å². The van der Waals surface area contributed by atoms with Crippen LogP contribution in [0.25, 0.3) is 5.69 Å². The Bertz CT molecular complexity index is 702. The van der Waals surface area contributed by atoms with Crippen molar-refractivity contribution < 1.29 is 9.50 Å². The molecule has 0 bridgehead atoms. The van der Waals surface area contributed by atoms with Gasteiger partial charge in [0.05, 0.1) is 11.8 Å². The number of hydrogen-bond acceptors (Lipinski definition) is 4. The minimum Gasteiger partial charge on any atom is -0.389 e. The first-order valence-corrected chi connectivity index (χ1v) is 8.83. The van der Waals surface area contributed by atoms with E-state index in [0.29, 0.717) is 12.2 Å². The molecule has 136 valence electrons. The highest BCUT2D eigenvalue weighted by Gasteiger charge is 2.30. The fraction of sp³-hybridized carbons (Fsp3) is 0.526. The maximum absolute atomic E-state index is 13.9. The maximum atomic E-state index is 13.9. The molecule has 1 aliphatic rings. The molecule has 1 aromatic carbocycles. The lowest BCUT2D eigenvalue weighted by Gasteiger charge is -2.30. The van der Waals surface area contributed by atoms with Crippen LogP contribution in [0, 0.1) is 5.82 Å². The van der Waals surface area contributed by atoms with Crippen LogP contribution in [0.2, 0.25) is 0 Å². The van der Waals surface area contributed by atoms with Crippen LogP contribution in [0.5, 0.6) is 0 Å². The molecule has 5 nitrogen and oxygen atoms in total. The number of hydrogen-bond donors (Lipinski definition) is 1. The van der Waals surface area contributed by atoms with E-state index in [1.54, 1.807) is 29.1 Å². The minimum absolute atomic E-state index is 0.277. The number of aliphatic hydroxyl groups is 1. The lowest BCUT2D eigenvalue weighted by Crippen LogP contribution is -2.40. The van der Waals surface area contributed by atoms with E-state index in [1.165, 1.54) is 6.07 Å². The quantitative estimate of drug-likeness (QED) is 0.902. The van der Waals surface area contributed by atoms with Gasteiger partial charge in [0.25, 0.3) is 0 Å². The second-order valence-electron chi connectivity index (χ2n) is 7.34. The molecule has 3 rings (SSSR count). The summed E-state index contributed by atoms with van der Waals surface area (Å²) >= 11 is 0. The van der Waals surface area contributed by atoms with Crippen LogP contribution in [-0.4, -0.2) is 64.0 Å². The Kier molecular flexibility index (Phi) is 5.51. The van der Waals surface area contributed by atoms with E-state index in [4.69, 9.17) is 0 Å². The standard InChI is InChI=1S/C19H27FN4O/c1-22(2)15-19(25)8-5-10-23(11-9-19)13-16-12-21-24(14-16)18-7-4-3-6-17(18)20/h3-4,6-7,12,14,25H,5,8-11,13,15H2,1-2H3. The molecule has 2 heterocycles. The first kappa shape index (κ1) is 18.0. The van der Waals surface area contributed by atoms with E-state index < -0.39 is 5.60 Å². The zero-order valence-electron chi connectivity index (χ0n) is 15.0. The third kappa shape index (κ3) is 4.66. The molecule has 0 radical (unpaired) electrons. The summed E-state index contributed by atoms with van der Waals surface area (Å²) in [5.41, 5.74) is 0.918. The van der Waals surface area contributed by atoms with Crippen molar-refractivity contribution in [2.24, 2.45) is 0 Å². The molecule has 1 N–H and O–H groups in total. The van der Waals surface area contributed by atoms with Gasteiger partial charge in [-0.05, 0) is 52.0 Å². The van der Waals surface area contributed by atoms with Crippen LogP contribution in [-0.2, 0) is 6.54 Å². The van der Waals surface area contributed by atoms with Crippen LogP contribution in [0.15, 0.2) is 36.7 Å². The van der Waals surface area contributed by atoms with Crippen molar-refractivity contribution in [1.82, 2.24) is 19.6 Å². The SMILES string of the molecule is CN(C)CC1(O)CCCN(Cc2cnn(-c3ccccc3F)c2)CC1. The zero-order valence-corrected chi connectivity index (χ0v) is 15.0. The Morgan fingerprint density at radius 2 is 2.04 bits per heavy atom. The summed E-state index contributed by atoms with van der Waals surface area (Å²) in [5.74, 6) is -0.277. The topological polar surface area (TPSA) is 44.5 Å². The Morgan fingerprint density at radius 3 is 2.80 bits per heavy atom. The predicted octanol–water partition coefficient (Wildman–Crippen LogP) is 2.29. The summed E-state index contributed by atoms with van der Waals surface area (Å²) in [7, 11) is 4.00. The van der Waals surface area contributed by atoms with Gasteiger partial charge in [0.1, 0.15) is 11.5 Å². The average Bonchev–Trinajstić information content (AvgIpc) is 2.92. The van der Waals surface area contributed by atoms with Crippen molar-refractivity contribution in [3.8, 4) is 5.69 Å². The Balaban J connectivity index is 1.63. The van der Waals surface area contributed by atoms with Crippen LogP contribution in [0.4, 0.5) is 4.39 Å². The number of likely N-dealkylation sites (N-methyl/N-ethyl adjacent to an activating group) is 1. The molecule has 1 unspecified atom stereocenters. The maximum Gasteiger partial charge on any atom is 0.148 e. The molecule has 1 aliphatic heterocycles. The molecular weight excluding hydrogens is 319 g/mol. The van der Waals surface area contributed by atoms with Crippen molar-refractivity contribution >= 4 is 0 Å².